The van der Waals surface area contributed by atoms with Crippen LogP contribution in [-0.4, -0.2) is 25.1 Å². The van der Waals surface area contributed by atoms with Crippen molar-refractivity contribution in [1.29, 1.82) is 0 Å². The number of ether oxygens (including phenoxy) is 2. The maximum Gasteiger partial charge on any atom is 0.269 e. The number of methoxy groups -OCH3 is 2. The molecule has 0 saturated carbocycles. The third-order valence-electron chi connectivity index (χ3n) is 4.30. The molecule has 0 aliphatic carbocycles. The lowest BCUT2D eigenvalue weighted by Crippen LogP contribution is -2.10. The minimum absolute atomic E-state index is 0.00652. The van der Waals surface area contributed by atoms with Gasteiger partial charge in [-0.2, -0.15) is 0 Å². The summed E-state index contributed by atoms with van der Waals surface area (Å²) in [4.78, 5) is 22.9. The van der Waals surface area contributed by atoms with Crippen LogP contribution in [0.5, 0.6) is 11.5 Å². The molecule has 0 aromatic heterocycles. The Morgan fingerprint density at radius 3 is 2.33 bits per heavy atom. The summed E-state index contributed by atoms with van der Waals surface area (Å²) in [5.74, 6) is 0.821. The predicted molar refractivity (Wildman–Crippen MR) is 102 cm³/mol. The molecule has 1 amide bonds. The van der Waals surface area contributed by atoms with E-state index in [9.17, 15) is 14.9 Å². The van der Waals surface area contributed by atoms with Gasteiger partial charge in [0.2, 0.25) is 0 Å². The minimum atomic E-state index is -0.455. The van der Waals surface area contributed by atoms with Gasteiger partial charge < -0.3 is 20.1 Å². The molecule has 1 aliphatic heterocycles. The first-order chi connectivity index (χ1) is 13.0. The van der Waals surface area contributed by atoms with Crippen LogP contribution in [0.15, 0.2) is 42.1 Å². The zero-order valence-corrected chi connectivity index (χ0v) is 15.2. The fourth-order valence-electron chi connectivity index (χ4n) is 2.96. The smallest absolute Gasteiger partial charge is 0.269 e. The lowest BCUT2D eigenvalue weighted by molar-refractivity contribution is -0.384. The normalized spacial score (nSPS) is 14.3. The van der Waals surface area contributed by atoms with Gasteiger partial charge in [-0.1, -0.05) is 6.92 Å². The molecule has 1 heterocycles. The second-order valence-electron chi connectivity index (χ2n) is 5.84. The van der Waals surface area contributed by atoms with E-state index in [4.69, 9.17) is 9.47 Å². The molecular weight excluding hydrogens is 350 g/mol. The van der Waals surface area contributed by atoms with Crippen LogP contribution in [0.1, 0.15) is 18.9 Å². The number of carbonyl (C=O) groups is 1. The third kappa shape index (κ3) is 3.41. The summed E-state index contributed by atoms with van der Waals surface area (Å²) in [7, 11) is 3.07. The van der Waals surface area contributed by atoms with Crippen LogP contribution < -0.4 is 20.1 Å². The Morgan fingerprint density at radius 2 is 1.78 bits per heavy atom. The van der Waals surface area contributed by atoms with Crippen LogP contribution in [0.25, 0.3) is 5.57 Å². The minimum Gasteiger partial charge on any atom is -0.493 e. The Kier molecular flexibility index (Phi) is 4.98. The molecular formula is C19H19N3O5. The van der Waals surface area contributed by atoms with Gasteiger partial charge in [-0.15, -0.1) is 0 Å². The Bertz CT molecular complexity index is 935. The molecule has 140 valence electrons. The van der Waals surface area contributed by atoms with Crippen LogP contribution in [0.4, 0.5) is 17.1 Å². The highest BCUT2D eigenvalue weighted by atomic mass is 16.6. The third-order valence-corrected chi connectivity index (χ3v) is 4.30. The molecule has 0 radical (unpaired) electrons. The van der Waals surface area contributed by atoms with Crippen LogP contribution in [0.2, 0.25) is 0 Å². The van der Waals surface area contributed by atoms with E-state index in [2.05, 4.69) is 10.6 Å². The number of hydrogen-bond acceptors (Lipinski definition) is 6. The fraction of sp³-hybridized carbons (Fsp3) is 0.211. The number of fused-ring (bicyclic) bond motifs is 1. The first kappa shape index (κ1) is 18.2. The maximum atomic E-state index is 12.6. The Balaban J connectivity index is 2.02. The second-order valence-corrected chi connectivity index (χ2v) is 5.84. The van der Waals surface area contributed by atoms with Gasteiger partial charge in [-0.25, -0.2) is 0 Å². The fourth-order valence-corrected chi connectivity index (χ4v) is 2.96. The van der Waals surface area contributed by atoms with Crippen LogP contribution in [-0.2, 0) is 4.79 Å². The van der Waals surface area contributed by atoms with E-state index in [1.807, 2.05) is 6.92 Å². The predicted octanol–water partition coefficient (Wildman–Crippen LogP) is 3.80. The highest BCUT2D eigenvalue weighted by Crippen LogP contribution is 2.42. The highest BCUT2D eigenvalue weighted by Gasteiger charge is 2.29. The van der Waals surface area contributed by atoms with Crippen LogP contribution in [0, 0.1) is 10.1 Å². The molecule has 0 fully saturated rings. The zero-order valence-electron chi connectivity index (χ0n) is 15.2. The van der Waals surface area contributed by atoms with E-state index in [0.29, 0.717) is 46.1 Å². The van der Waals surface area contributed by atoms with Gasteiger partial charge in [0.25, 0.3) is 11.6 Å². The van der Waals surface area contributed by atoms with Crippen molar-refractivity contribution in [3.63, 3.8) is 0 Å². The van der Waals surface area contributed by atoms with E-state index in [1.165, 1.54) is 26.4 Å². The Hall–Kier alpha value is -3.55. The number of rotatable bonds is 6. The van der Waals surface area contributed by atoms with Crippen molar-refractivity contribution in [3.8, 4) is 11.5 Å². The number of nitro benzene ring substituents is 1. The number of anilines is 2. The Morgan fingerprint density at radius 1 is 1.15 bits per heavy atom. The number of nitro groups is 1. The summed E-state index contributed by atoms with van der Waals surface area (Å²) in [6.45, 7) is 1.92. The van der Waals surface area contributed by atoms with Crippen molar-refractivity contribution >= 4 is 28.5 Å². The summed E-state index contributed by atoms with van der Waals surface area (Å²) in [6, 6.07) is 9.52. The summed E-state index contributed by atoms with van der Waals surface area (Å²) in [6.07, 6.45) is 0.563. The average Bonchev–Trinajstić information content (AvgIpc) is 2.99. The molecule has 1 aliphatic rings. The van der Waals surface area contributed by atoms with Crippen molar-refractivity contribution in [2.75, 3.05) is 24.9 Å². The van der Waals surface area contributed by atoms with Gasteiger partial charge in [0, 0.05) is 35.1 Å². The van der Waals surface area contributed by atoms with Gasteiger partial charge in [0.05, 0.1) is 30.4 Å². The lowest BCUT2D eigenvalue weighted by Gasteiger charge is -2.13. The first-order valence-corrected chi connectivity index (χ1v) is 8.30. The lowest BCUT2D eigenvalue weighted by atomic mass is 10.0. The van der Waals surface area contributed by atoms with Gasteiger partial charge in [0.15, 0.2) is 11.5 Å². The summed E-state index contributed by atoms with van der Waals surface area (Å²) in [5.41, 5.74) is 3.23. The number of carbonyl (C=O) groups excluding carboxylic acids is 1. The summed E-state index contributed by atoms with van der Waals surface area (Å²) < 4.78 is 10.6. The molecule has 0 spiro atoms. The van der Waals surface area contributed by atoms with Crippen LogP contribution in [0.3, 0.4) is 0 Å². The maximum absolute atomic E-state index is 12.6. The zero-order chi connectivity index (χ0) is 19.6. The molecule has 3 rings (SSSR count). The molecule has 8 heteroatoms. The molecule has 2 N–H and O–H groups in total. The van der Waals surface area contributed by atoms with Crippen molar-refractivity contribution in [2.45, 2.75) is 13.3 Å². The Labute approximate surface area is 155 Å². The number of benzene rings is 2. The number of nitrogens with zero attached hydrogens (tertiary/aromatic N) is 1. The quantitative estimate of drug-likeness (QED) is 0.456. The SMILES string of the molecule is CCC(Nc1ccc([N+](=O)[O-])cc1)=C1C(=O)Nc2cc(OC)c(OC)cc21. The van der Waals surface area contributed by atoms with Gasteiger partial charge in [0.1, 0.15) is 0 Å². The molecule has 27 heavy (non-hydrogen) atoms. The molecule has 2 aromatic carbocycles. The molecule has 0 atom stereocenters. The van der Waals surface area contributed by atoms with E-state index >= 15 is 0 Å². The molecule has 8 nitrogen and oxygen atoms in total. The highest BCUT2D eigenvalue weighted by molar-refractivity contribution is 6.32. The second kappa shape index (κ2) is 7.36. The largest absolute Gasteiger partial charge is 0.493 e. The van der Waals surface area contributed by atoms with Gasteiger partial charge in [-0.05, 0) is 24.6 Å². The molecule has 0 saturated heterocycles. The average molecular weight is 369 g/mol. The van der Waals surface area contributed by atoms with Crippen molar-refractivity contribution in [1.82, 2.24) is 0 Å². The number of hydrogen-bond donors (Lipinski definition) is 2. The van der Waals surface area contributed by atoms with Crippen molar-refractivity contribution in [3.05, 3.63) is 57.8 Å². The molecule has 0 unspecified atom stereocenters. The van der Waals surface area contributed by atoms with E-state index in [-0.39, 0.29) is 11.6 Å². The van der Waals surface area contributed by atoms with Crippen molar-refractivity contribution < 1.29 is 19.2 Å². The van der Waals surface area contributed by atoms with Crippen molar-refractivity contribution in [2.24, 2.45) is 0 Å². The topological polar surface area (TPSA) is 103 Å². The van der Waals surface area contributed by atoms with Gasteiger partial charge in [-0.3, -0.25) is 14.9 Å². The number of non-ortho nitro benzene ring substituents is 1. The number of allylic oxidation sites excluding steroid dienone is 1. The number of amides is 1. The monoisotopic (exact) mass is 369 g/mol. The summed E-state index contributed by atoms with van der Waals surface area (Å²) >= 11 is 0. The number of nitrogens with one attached hydrogen (secondary N) is 2. The molecule has 0 bridgehead atoms. The summed E-state index contributed by atoms with van der Waals surface area (Å²) in [5, 5.41) is 16.8. The van der Waals surface area contributed by atoms with E-state index < -0.39 is 4.92 Å². The van der Waals surface area contributed by atoms with E-state index in [1.54, 1.807) is 24.3 Å². The molecule has 2 aromatic rings. The van der Waals surface area contributed by atoms with Gasteiger partial charge >= 0.3 is 0 Å². The first-order valence-electron chi connectivity index (χ1n) is 8.30. The van der Waals surface area contributed by atoms with Crippen LogP contribution >= 0.6 is 0 Å². The van der Waals surface area contributed by atoms with E-state index in [0.717, 1.165) is 0 Å². The standard InChI is InChI=1S/C19H19N3O5/c1-4-14(20-11-5-7-12(8-6-11)22(24)25)18-13-9-16(26-2)17(27-3)10-15(13)21-19(18)23/h5-10,20H,4H2,1-3H3,(H,21,23).